The highest BCUT2D eigenvalue weighted by Crippen LogP contribution is 1.29. The van der Waals surface area contributed by atoms with E-state index in [9.17, 15) is 0 Å². The number of hydrogen-bond acceptors (Lipinski definition) is 2. The second-order valence-electron chi connectivity index (χ2n) is 0.512. The van der Waals surface area contributed by atoms with Crippen LogP contribution in [0, 0.1) is 0 Å². The van der Waals surface area contributed by atoms with Crippen LogP contribution in [0.4, 0.5) is 0 Å². The zero-order chi connectivity index (χ0) is 3.41. The van der Waals surface area contributed by atoms with Crippen molar-refractivity contribution in [3.8, 4) is 0 Å². The van der Waals surface area contributed by atoms with Crippen LogP contribution in [-0.2, 0) is 0 Å². The SMILES string of the molecule is CBNO. The molecule has 0 aliphatic rings. The van der Waals surface area contributed by atoms with Crippen LogP contribution < -0.4 is 5.39 Å². The summed E-state index contributed by atoms with van der Waals surface area (Å²) < 4.78 is 0. The van der Waals surface area contributed by atoms with Gasteiger partial charge in [-0.1, -0.05) is 6.82 Å². The Morgan fingerprint density at radius 2 is 2.25 bits per heavy atom. The summed E-state index contributed by atoms with van der Waals surface area (Å²) in [6.07, 6.45) is 0. The van der Waals surface area contributed by atoms with E-state index in [-0.39, 0.29) is 0 Å². The minimum Gasteiger partial charge on any atom is -0.329 e. The fourth-order valence-electron chi connectivity index (χ4n) is 0. The minimum absolute atomic E-state index is 0.625. The summed E-state index contributed by atoms with van der Waals surface area (Å²) in [5, 5.41) is 9.56. The summed E-state index contributed by atoms with van der Waals surface area (Å²) in [6, 6.07) is 0. The van der Waals surface area contributed by atoms with Gasteiger partial charge in [-0.15, -0.1) is 0 Å². The summed E-state index contributed by atoms with van der Waals surface area (Å²) in [5.41, 5.74) is 0. The summed E-state index contributed by atoms with van der Waals surface area (Å²) >= 11 is 0. The van der Waals surface area contributed by atoms with E-state index in [0.717, 1.165) is 0 Å². The predicted octanol–water partition coefficient (Wildman–Crippen LogP) is -0.635. The summed E-state index contributed by atoms with van der Waals surface area (Å²) in [7, 11) is 0.625. The Kier molecular flexibility index (Phi) is 2.97. The first-order valence-corrected chi connectivity index (χ1v) is 1.28. The van der Waals surface area contributed by atoms with Crippen molar-refractivity contribution >= 4 is 7.41 Å². The average molecular weight is 58.9 g/mol. The fourth-order valence-corrected chi connectivity index (χ4v) is 0. The molecule has 0 spiro atoms. The third-order valence-electron chi connectivity index (χ3n) is 0.158. The van der Waals surface area contributed by atoms with Crippen LogP contribution in [0.15, 0.2) is 0 Å². The van der Waals surface area contributed by atoms with Crippen LogP contribution in [-0.4, -0.2) is 12.6 Å². The van der Waals surface area contributed by atoms with Crippen LogP contribution >= 0.6 is 0 Å². The second kappa shape index (κ2) is 2.98. The molecule has 0 rings (SSSR count). The molecular formula is CH6BNO. The maximum absolute atomic E-state index is 7.62. The van der Waals surface area contributed by atoms with Gasteiger partial charge >= 0.3 is 0 Å². The molecule has 2 nitrogen and oxygen atoms in total. The highest BCUT2D eigenvalue weighted by molar-refractivity contribution is 6.29. The quantitative estimate of drug-likeness (QED) is 0.311. The largest absolute Gasteiger partial charge is 0.329 e. The highest BCUT2D eigenvalue weighted by atomic mass is 16.4. The molecule has 0 aliphatic heterocycles. The van der Waals surface area contributed by atoms with Gasteiger partial charge in [0.15, 0.2) is 0 Å². The van der Waals surface area contributed by atoms with Crippen molar-refractivity contribution in [3.05, 3.63) is 0 Å². The van der Waals surface area contributed by atoms with Crippen LogP contribution in [0.2, 0.25) is 6.82 Å². The number of hydrogen-bond donors (Lipinski definition) is 2. The zero-order valence-corrected chi connectivity index (χ0v) is 2.65. The lowest BCUT2D eigenvalue weighted by molar-refractivity contribution is 0.246. The van der Waals surface area contributed by atoms with Gasteiger partial charge in [-0.2, -0.15) is 0 Å². The molecule has 0 radical (unpaired) electrons. The number of nitrogens with one attached hydrogen (secondary N) is 1. The van der Waals surface area contributed by atoms with Gasteiger partial charge in [0.2, 0.25) is 7.41 Å². The van der Waals surface area contributed by atoms with Crippen LogP contribution in [0.25, 0.3) is 0 Å². The van der Waals surface area contributed by atoms with Crippen LogP contribution in [0.3, 0.4) is 0 Å². The Labute approximate surface area is 26.0 Å². The molecule has 0 heterocycles. The lowest BCUT2D eigenvalue weighted by Crippen LogP contribution is -2.07. The molecule has 4 heavy (non-hydrogen) atoms. The van der Waals surface area contributed by atoms with E-state index in [0.29, 0.717) is 7.41 Å². The van der Waals surface area contributed by atoms with Crippen molar-refractivity contribution in [2.75, 3.05) is 0 Å². The van der Waals surface area contributed by atoms with E-state index >= 15 is 0 Å². The standard InChI is InChI=1S/CH6BNO/c1-2-3-4/h2-4H,1H3. The number of rotatable bonds is 1. The third kappa shape index (κ3) is 1.98. The first-order chi connectivity index (χ1) is 1.91. The third-order valence-corrected chi connectivity index (χ3v) is 0.158. The molecule has 3 heteroatoms. The van der Waals surface area contributed by atoms with Crippen molar-refractivity contribution in [1.82, 2.24) is 5.39 Å². The Morgan fingerprint density at radius 3 is 2.25 bits per heavy atom. The van der Waals surface area contributed by atoms with Gasteiger partial charge < -0.3 is 5.21 Å². The Morgan fingerprint density at radius 1 is 2.00 bits per heavy atom. The molecule has 0 amide bonds. The van der Waals surface area contributed by atoms with Crippen molar-refractivity contribution in [2.45, 2.75) is 6.82 Å². The van der Waals surface area contributed by atoms with Gasteiger partial charge in [0.25, 0.3) is 0 Å². The lowest BCUT2D eigenvalue weighted by atomic mass is 10.0. The molecule has 0 atom stereocenters. The summed E-state index contributed by atoms with van der Waals surface area (Å²) in [4.78, 5) is 0. The normalized spacial score (nSPS) is 6.50. The molecule has 0 unspecified atom stereocenters. The van der Waals surface area contributed by atoms with Crippen LogP contribution in [0.1, 0.15) is 0 Å². The van der Waals surface area contributed by atoms with Gasteiger partial charge in [0.05, 0.1) is 0 Å². The lowest BCUT2D eigenvalue weighted by Gasteiger charge is -1.72. The monoisotopic (exact) mass is 59.1 g/mol. The highest BCUT2D eigenvalue weighted by Gasteiger charge is 1.59. The van der Waals surface area contributed by atoms with E-state index in [2.05, 4.69) is 0 Å². The molecule has 24 valence electrons. The van der Waals surface area contributed by atoms with Gasteiger partial charge in [0, 0.05) is 0 Å². The average Bonchev–Trinajstić information content (AvgIpc) is 1.37. The predicted molar refractivity (Wildman–Crippen MR) is 17.9 cm³/mol. The van der Waals surface area contributed by atoms with Crippen molar-refractivity contribution in [2.24, 2.45) is 0 Å². The second-order valence-corrected chi connectivity index (χ2v) is 0.512. The van der Waals surface area contributed by atoms with Gasteiger partial charge in [0.1, 0.15) is 0 Å². The molecule has 0 saturated heterocycles. The fraction of sp³-hybridized carbons (Fsp3) is 1.00. The Hall–Kier alpha value is -0.0151. The van der Waals surface area contributed by atoms with Gasteiger partial charge in [-0.05, 0) is 0 Å². The van der Waals surface area contributed by atoms with Gasteiger partial charge in [-0.25, -0.2) is 0 Å². The van der Waals surface area contributed by atoms with E-state index in [1.807, 2.05) is 12.2 Å². The molecule has 0 aromatic heterocycles. The van der Waals surface area contributed by atoms with E-state index < -0.39 is 0 Å². The molecule has 0 aliphatic carbocycles. The maximum Gasteiger partial charge on any atom is 0.231 e. The van der Waals surface area contributed by atoms with Crippen molar-refractivity contribution in [1.29, 1.82) is 0 Å². The minimum atomic E-state index is 0.625. The van der Waals surface area contributed by atoms with E-state index in [4.69, 9.17) is 5.21 Å². The first-order valence-electron chi connectivity index (χ1n) is 1.28. The van der Waals surface area contributed by atoms with Crippen molar-refractivity contribution in [3.63, 3.8) is 0 Å². The zero-order valence-electron chi connectivity index (χ0n) is 2.65. The van der Waals surface area contributed by atoms with E-state index in [1.54, 1.807) is 0 Å². The van der Waals surface area contributed by atoms with Crippen LogP contribution in [0.5, 0.6) is 0 Å². The molecule has 0 fully saturated rings. The smallest absolute Gasteiger partial charge is 0.231 e. The molecule has 0 bridgehead atoms. The Bertz CT molecular complexity index is 10.0. The summed E-state index contributed by atoms with van der Waals surface area (Å²) in [5.74, 6) is 0. The van der Waals surface area contributed by atoms with Gasteiger partial charge in [-0.3, -0.25) is 5.39 Å². The topological polar surface area (TPSA) is 32.3 Å². The Balaban J connectivity index is 1.97. The maximum atomic E-state index is 7.62. The molecule has 0 saturated carbocycles. The first kappa shape index (κ1) is 3.98. The van der Waals surface area contributed by atoms with E-state index in [1.165, 1.54) is 0 Å². The molecular weight excluding hydrogens is 52.8 g/mol. The molecule has 0 aromatic rings. The summed E-state index contributed by atoms with van der Waals surface area (Å²) in [6.45, 7) is 1.82. The van der Waals surface area contributed by atoms with Crippen molar-refractivity contribution < 1.29 is 5.21 Å². The molecule has 2 N–H and O–H groups in total. The molecule has 0 aromatic carbocycles.